The van der Waals surface area contributed by atoms with E-state index < -0.39 is 0 Å². The molecule has 0 N–H and O–H groups in total. The lowest BCUT2D eigenvalue weighted by Gasteiger charge is -2.22. The number of hydrogen-bond donors (Lipinski definition) is 0. The van der Waals surface area contributed by atoms with Crippen molar-refractivity contribution in [3.63, 3.8) is 0 Å². The number of rotatable bonds is 4. The standard InChI is InChI=1S/C14H24O4/c1-8(2)17-13(15)11-7-6-10(5)12(11)14(16)18-9(3)4/h8-12H,6-7H2,1-5H3. The molecule has 0 saturated heterocycles. The molecular formula is C14H24O4. The molecule has 18 heavy (non-hydrogen) atoms. The summed E-state index contributed by atoms with van der Waals surface area (Å²) in [4.78, 5) is 24.0. The van der Waals surface area contributed by atoms with Crippen LogP contribution in [0.2, 0.25) is 0 Å². The van der Waals surface area contributed by atoms with E-state index in [2.05, 4.69) is 0 Å². The van der Waals surface area contributed by atoms with Crippen molar-refractivity contribution in [2.45, 2.75) is 59.7 Å². The molecule has 4 nitrogen and oxygen atoms in total. The van der Waals surface area contributed by atoms with Crippen LogP contribution in [0, 0.1) is 17.8 Å². The molecule has 0 aromatic rings. The Balaban J connectivity index is 2.72. The normalized spacial score (nSPS) is 27.6. The molecule has 0 heterocycles. The number of carbonyl (C=O) groups excluding carboxylic acids is 2. The third-order valence-electron chi connectivity index (χ3n) is 3.26. The van der Waals surface area contributed by atoms with E-state index in [1.165, 1.54) is 0 Å². The van der Waals surface area contributed by atoms with E-state index in [9.17, 15) is 9.59 Å². The van der Waals surface area contributed by atoms with Crippen molar-refractivity contribution in [1.82, 2.24) is 0 Å². The first kappa shape index (κ1) is 15.0. The summed E-state index contributed by atoms with van der Waals surface area (Å²) >= 11 is 0. The Morgan fingerprint density at radius 2 is 1.44 bits per heavy atom. The Morgan fingerprint density at radius 3 is 1.94 bits per heavy atom. The van der Waals surface area contributed by atoms with Crippen LogP contribution in [-0.2, 0) is 19.1 Å². The average molecular weight is 256 g/mol. The lowest BCUT2D eigenvalue weighted by atomic mass is 9.90. The Bertz CT molecular complexity index is 309. The lowest BCUT2D eigenvalue weighted by Crippen LogP contribution is -2.33. The van der Waals surface area contributed by atoms with Gasteiger partial charge in [0.15, 0.2) is 0 Å². The van der Waals surface area contributed by atoms with Crippen molar-refractivity contribution in [2.24, 2.45) is 17.8 Å². The maximum atomic E-state index is 12.0. The van der Waals surface area contributed by atoms with Crippen molar-refractivity contribution in [2.75, 3.05) is 0 Å². The third-order valence-corrected chi connectivity index (χ3v) is 3.26. The highest BCUT2D eigenvalue weighted by Crippen LogP contribution is 2.38. The smallest absolute Gasteiger partial charge is 0.310 e. The summed E-state index contributed by atoms with van der Waals surface area (Å²) in [6.45, 7) is 9.27. The van der Waals surface area contributed by atoms with Gasteiger partial charge in [0.1, 0.15) is 0 Å². The van der Waals surface area contributed by atoms with Gasteiger partial charge in [-0.25, -0.2) is 0 Å². The molecule has 0 bridgehead atoms. The largest absolute Gasteiger partial charge is 0.463 e. The van der Waals surface area contributed by atoms with Gasteiger partial charge in [-0.2, -0.15) is 0 Å². The highest BCUT2D eigenvalue weighted by molar-refractivity contribution is 5.83. The van der Waals surface area contributed by atoms with Gasteiger partial charge in [0.05, 0.1) is 24.0 Å². The van der Waals surface area contributed by atoms with E-state index in [1.807, 2.05) is 34.6 Å². The molecule has 1 aliphatic carbocycles. The van der Waals surface area contributed by atoms with E-state index in [0.29, 0.717) is 6.42 Å². The van der Waals surface area contributed by atoms with Crippen LogP contribution >= 0.6 is 0 Å². The van der Waals surface area contributed by atoms with Crippen molar-refractivity contribution in [1.29, 1.82) is 0 Å². The molecule has 3 atom stereocenters. The zero-order valence-electron chi connectivity index (χ0n) is 11.9. The fraction of sp³-hybridized carbons (Fsp3) is 0.857. The Morgan fingerprint density at radius 1 is 0.944 bits per heavy atom. The van der Waals surface area contributed by atoms with Crippen LogP contribution in [-0.4, -0.2) is 24.1 Å². The van der Waals surface area contributed by atoms with Crippen LogP contribution in [0.4, 0.5) is 0 Å². The summed E-state index contributed by atoms with van der Waals surface area (Å²) < 4.78 is 10.5. The molecule has 0 spiro atoms. The van der Waals surface area contributed by atoms with Crippen molar-refractivity contribution >= 4 is 11.9 Å². The summed E-state index contributed by atoms with van der Waals surface area (Å²) in [6, 6.07) is 0. The van der Waals surface area contributed by atoms with Crippen LogP contribution in [0.1, 0.15) is 47.5 Å². The van der Waals surface area contributed by atoms with Gasteiger partial charge in [-0.3, -0.25) is 9.59 Å². The maximum Gasteiger partial charge on any atom is 0.310 e. The zero-order chi connectivity index (χ0) is 13.9. The molecule has 1 aliphatic rings. The van der Waals surface area contributed by atoms with Crippen LogP contribution < -0.4 is 0 Å². The predicted octanol–water partition coefficient (Wildman–Crippen LogP) is 2.55. The van der Waals surface area contributed by atoms with Gasteiger partial charge >= 0.3 is 11.9 Å². The second-order valence-electron chi connectivity index (χ2n) is 5.66. The van der Waals surface area contributed by atoms with Crippen molar-refractivity contribution in [3.8, 4) is 0 Å². The topological polar surface area (TPSA) is 52.6 Å². The third kappa shape index (κ3) is 3.72. The minimum absolute atomic E-state index is 0.143. The van der Waals surface area contributed by atoms with Gasteiger partial charge in [-0.05, 0) is 46.5 Å². The number of hydrogen-bond acceptors (Lipinski definition) is 4. The highest BCUT2D eigenvalue weighted by Gasteiger charge is 2.44. The molecule has 3 unspecified atom stereocenters. The first-order chi connectivity index (χ1) is 8.32. The minimum Gasteiger partial charge on any atom is -0.463 e. The van der Waals surface area contributed by atoms with Crippen LogP contribution in [0.3, 0.4) is 0 Å². The molecular weight excluding hydrogens is 232 g/mol. The Hall–Kier alpha value is -1.06. The van der Waals surface area contributed by atoms with Crippen LogP contribution in [0.25, 0.3) is 0 Å². The van der Waals surface area contributed by atoms with Gasteiger partial charge in [0.25, 0.3) is 0 Å². The number of ether oxygens (including phenoxy) is 2. The fourth-order valence-corrected chi connectivity index (χ4v) is 2.49. The average Bonchev–Trinajstić information content (AvgIpc) is 2.57. The van der Waals surface area contributed by atoms with Crippen molar-refractivity contribution < 1.29 is 19.1 Å². The second kappa shape index (κ2) is 6.21. The SMILES string of the molecule is CC(C)OC(=O)C1CCC(C)C1C(=O)OC(C)C. The predicted molar refractivity (Wildman–Crippen MR) is 67.8 cm³/mol. The quantitative estimate of drug-likeness (QED) is 0.725. The molecule has 1 fully saturated rings. The molecule has 1 rings (SSSR count). The zero-order valence-corrected chi connectivity index (χ0v) is 11.9. The van der Waals surface area contributed by atoms with Gasteiger partial charge < -0.3 is 9.47 Å². The Kier molecular flexibility index (Phi) is 5.17. The van der Waals surface area contributed by atoms with Crippen LogP contribution in [0.15, 0.2) is 0 Å². The molecule has 0 amide bonds. The second-order valence-corrected chi connectivity index (χ2v) is 5.66. The Labute approximate surface area is 109 Å². The van der Waals surface area contributed by atoms with Gasteiger partial charge in [0.2, 0.25) is 0 Å². The summed E-state index contributed by atoms with van der Waals surface area (Å²) in [5.41, 5.74) is 0. The monoisotopic (exact) mass is 256 g/mol. The molecule has 1 saturated carbocycles. The molecule has 0 aliphatic heterocycles. The van der Waals surface area contributed by atoms with Gasteiger partial charge in [-0.1, -0.05) is 6.92 Å². The van der Waals surface area contributed by atoms with Gasteiger partial charge in [-0.15, -0.1) is 0 Å². The van der Waals surface area contributed by atoms with E-state index >= 15 is 0 Å². The van der Waals surface area contributed by atoms with E-state index in [1.54, 1.807) is 0 Å². The van der Waals surface area contributed by atoms with E-state index in [-0.39, 0.29) is 41.9 Å². The summed E-state index contributed by atoms with van der Waals surface area (Å²) in [5, 5.41) is 0. The summed E-state index contributed by atoms with van der Waals surface area (Å²) in [5.74, 6) is -1.03. The maximum absolute atomic E-state index is 12.0. The first-order valence-electron chi connectivity index (χ1n) is 6.74. The van der Waals surface area contributed by atoms with Crippen molar-refractivity contribution in [3.05, 3.63) is 0 Å². The van der Waals surface area contributed by atoms with Gasteiger partial charge in [0, 0.05) is 0 Å². The fourth-order valence-electron chi connectivity index (χ4n) is 2.49. The molecule has 0 aromatic carbocycles. The molecule has 104 valence electrons. The minimum atomic E-state index is -0.348. The molecule has 4 heteroatoms. The number of carbonyl (C=O) groups is 2. The lowest BCUT2D eigenvalue weighted by molar-refractivity contribution is -0.164. The van der Waals surface area contributed by atoms with E-state index in [0.717, 1.165) is 6.42 Å². The van der Waals surface area contributed by atoms with E-state index in [4.69, 9.17) is 9.47 Å². The molecule has 0 aromatic heterocycles. The first-order valence-corrected chi connectivity index (χ1v) is 6.74. The highest BCUT2D eigenvalue weighted by atomic mass is 16.6. The summed E-state index contributed by atoms with van der Waals surface area (Å²) in [7, 11) is 0. The molecule has 0 radical (unpaired) electrons. The van der Waals surface area contributed by atoms with Crippen LogP contribution in [0.5, 0.6) is 0 Å². The summed E-state index contributed by atoms with van der Waals surface area (Å²) in [6.07, 6.45) is 1.29. The number of esters is 2.